The minimum absolute atomic E-state index is 0.190. The average molecular weight is 342 g/mol. The lowest BCUT2D eigenvalue weighted by Gasteiger charge is -2.10. The molecule has 0 aliphatic carbocycles. The van der Waals surface area contributed by atoms with E-state index in [0.29, 0.717) is 0 Å². The Morgan fingerprint density at radius 3 is 2.45 bits per heavy atom. The fourth-order valence-electron chi connectivity index (χ4n) is 0.756. The molecule has 0 aromatic heterocycles. The van der Waals surface area contributed by atoms with Gasteiger partial charge in [0.25, 0.3) is 0 Å². The normalized spacial score (nSPS) is 11.5. The molecule has 1 aromatic carbocycles. The summed E-state index contributed by atoms with van der Waals surface area (Å²) in [5, 5.41) is 0. The molecule has 0 amide bonds. The zero-order valence-corrected chi connectivity index (χ0v) is 10.4. The summed E-state index contributed by atoms with van der Waals surface area (Å²) >= 11 is 10.3. The fourth-order valence-corrected chi connectivity index (χ4v) is 1.66. The molecule has 1 radical (unpaired) electrons. The van der Waals surface area contributed by atoms with Crippen LogP contribution in [0.15, 0.2) is 24.3 Å². The Labute approximate surface area is 91.8 Å². The van der Waals surface area contributed by atoms with Crippen molar-refractivity contribution in [1.29, 1.82) is 0 Å². The number of alkyl halides is 3. The molecule has 0 N–H and O–H groups in total. The Kier molecular flexibility index (Phi) is 3.59. The van der Waals surface area contributed by atoms with Crippen LogP contribution in [0.3, 0.4) is 0 Å². The first-order valence-electron chi connectivity index (χ1n) is 3.10. The minimum atomic E-state index is -0.190. The van der Waals surface area contributed by atoms with Crippen LogP contribution in [0.25, 0.3) is 0 Å². The van der Waals surface area contributed by atoms with Crippen molar-refractivity contribution in [2.75, 3.05) is 0 Å². The van der Waals surface area contributed by atoms with Gasteiger partial charge in [-0.1, -0.05) is 72.1 Å². The van der Waals surface area contributed by atoms with E-state index < -0.39 is 0 Å². The van der Waals surface area contributed by atoms with Gasteiger partial charge in [0, 0.05) is 6.42 Å². The van der Waals surface area contributed by atoms with Gasteiger partial charge in [0.05, 0.1) is 0 Å². The second-order valence-corrected chi connectivity index (χ2v) is 9.43. The molecule has 0 bridgehead atoms. The standard InChI is InChI=1S/C8H6Br3/c9-8(10,11)6-7-4-2-1-3-5-7/h1-4H,6H2. The Hall–Kier alpha value is 0.660. The fraction of sp³-hybridized carbons (Fsp3) is 0.250. The van der Waals surface area contributed by atoms with Crippen molar-refractivity contribution in [3.05, 3.63) is 35.9 Å². The minimum Gasteiger partial charge on any atom is -0.0619 e. The number of rotatable bonds is 1. The first kappa shape index (κ1) is 9.75. The van der Waals surface area contributed by atoms with E-state index in [2.05, 4.69) is 53.9 Å². The third kappa shape index (κ3) is 4.28. The first-order valence-corrected chi connectivity index (χ1v) is 5.48. The van der Waals surface area contributed by atoms with Crippen LogP contribution < -0.4 is 0 Å². The molecule has 0 fully saturated rings. The average Bonchev–Trinajstić information content (AvgIpc) is 1.85. The topological polar surface area (TPSA) is 0 Å². The van der Waals surface area contributed by atoms with Crippen molar-refractivity contribution in [2.45, 2.75) is 8.56 Å². The van der Waals surface area contributed by atoms with Gasteiger partial charge in [-0.15, -0.1) is 0 Å². The lowest BCUT2D eigenvalue weighted by molar-refractivity contribution is 1.09. The molecule has 0 spiro atoms. The zero-order valence-electron chi connectivity index (χ0n) is 5.65. The van der Waals surface area contributed by atoms with E-state index in [0.717, 1.165) is 12.0 Å². The van der Waals surface area contributed by atoms with E-state index in [4.69, 9.17) is 0 Å². The molecular weight excluding hydrogens is 336 g/mol. The van der Waals surface area contributed by atoms with Gasteiger partial charge in [-0.05, 0) is 11.6 Å². The Morgan fingerprint density at radius 1 is 1.27 bits per heavy atom. The molecule has 0 unspecified atom stereocenters. The number of hydrogen-bond donors (Lipinski definition) is 0. The molecule has 3 heteroatoms. The van der Waals surface area contributed by atoms with Crippen LogP contribution in [0.5, 0.6) is 0 Å². The summed E-state index contributed by atoms with van der Waals surface area (Å²) in [7, 11) is 0. The quantitative estimate of drug-likeness (QED) is 0.680. The van der Waals surface area contributed by atoms with Crippen LogP contribution in [0, 0.1) is 6.07 Å². The molecule has 59 valence electrons. The monoisotopic (exact) mass is 339 g/mol. The molecule has 0 atom stereocenters. The summed E-state index contributed by atoms with van der Waals surface area (Å²) in [5.74, 6) is 0. The maximum atomic E-state index is 3.43. The van der Waals surface area contributed by atoms with Gasteiger partial charge in [0.1, 0.15) is 2.14 Å². The van der Waals surface area contributed by atoms with Gasteiger partial charge in [0.15, 0.2) is 0 Å². The van der Waals surface area contributed by atoms with E-state index in [1.807, 2.05) is 24.3 Å². The Balaban J connectivity index is 2.66. The molecule has 11 heavy (non-hydrogen) atoms. The maximum absolute atomic E-state index is 3.43. The zero-order chi connectivity index (χ0) is 8.32. The van der Waals surface area contributed by atoms with Crippen molar-refractivity contribution in [3.63, 3.8) is 0 Å². The van der Waals surface area contributed by atoms with Gasteiger partial charge >= 0.3 is 0 Å². The summed E-state index contributed by atoms with van der Waals surface area (Å²) in [5.41, 5.74) is 1.16. The van der Waals surface area contributed by atoms with Crippen LogP contribution in [0.1, 0.15) is 5.56 Å². The van der Waals surface area contributed by atoms with E-state index in [1.54, 1.807) is 0 Å². The van der Waals surface area contributed by atoms with Crippen LogP contribution in [-0.4, -0.2) is 2.14 Å². The van der Waals surface area contributed by atoms with Gasteiger partial charge in [-0.25, -0.2) is 0 Å². The summed E-state index contributed by atoms with van der Waals surface area (Å²) in [6.45, 7) is 0. The van der Waals surface area contributed by atoms with Crippen molar-refractivity contribution < 1.29 is 0 Å². The van der Waals surface area contributed by atoms with Gasteiger partial charge in [0.2, 0.25) is 0 Å². The lowest BCUT2D eigenvalue weighted by Crippen LogP contribution is -2.03. The smallest absolute Gasteiger partial charge is 0.0619 e. The molecule has 0 saturated carbocycles. The molecule has 0 aliphatic heterocycles. The number of benzene rings is 1. The maximum Gasteiger partial charge on any atom is 0.139 e. The van der Waals surface area contributed by atoms with Crippen LogP contribution in [-0.2, 0) is 6.42 Å². The van der Waals surface area contributed by atoms with E-state index in [-0.39, 0.29) is 2.14 Å². The molecular formula is C8H6Br3. The van der Waals surface area contributed by atoms with Crippen LogP contribution >= 0.6 is 47.8 Å². The third-order valence-electron chi connectivity index (χ3n) is 1.16. The highest BCUT2D eigenvalue weighted by Crippen LogP contribution is 2.36. The predicted molar refractivity (Wildman–Crippen MR) is 58.5 cm³/mol. The van der Waals surface area contributed by atoms with Crippen molar-refractivity contribution in [2.24, 2.45) is 0 Å². The van der Waals surface area contributed by atoms with E-state index >= 15 is 0 Å². The van der Waals surface area contributed by atoms with Crippen LogP contribution in [0.2, 0.25) is 0 Å². The van der Waals surface area contributed by atoms with Crippen molar-refractivity contribution in [3.8, 4) is 0 Å². The van der Waals surface area contributed by atoms with E-state index in [9.17, 15) is 0 Å². The van der Waals surface area contributed by atoms with E-state index in [1.165, 1.54) is 0 Å². The van der Waals surface area contributed by atoms with Crippen molar-refractivity contribution in [1.82, 2.24) is 0 Å². The molecule has 1 aromatic rings. The summed E-state index contributed by atoms with van der Waals surface area (Å²) < 4.78 is -0.190. The molecule has 0 heterocycles. The number of halogens is 3. The Bertz CT molecular complexity index is 213. The Morgan fingerprint density at radius 2 is 2.00 bits per heavy atom. The van der Waals surface area contributed by atoms with Crippen LogP contribution in [0.4, 0.5) is 0 Å². The summed E-state index contributed by atoms with van der Waals surface area (Å²) in [6.07, 6.45) is 0.855. The molecule has 0 nitrogen and oxygen atoms in total. The largest absolute Gasteiger partial charge is 0.139 e. The summed E-state index contributed by atoms with van der Waals surface area (Å²) in [4.78, 5) is 0. The highest BCUT2D eigenvalue weighted by Gasteiger charge is 2.17. The van der Waals surface area contributed by atoms with Gasteiger partial charge in [-0.2, -0.15) is 0 Å². The SMILES string of the molecule is BrC(Br)(Br)Cc1[c]cccc1. The number of hydrogen-bond acceptors (Lipinski definition) is 0. The second-order valence-electron chi connectivity index (χ2n) is 2.18. The highest BCUT2D eigenvalue weighted by molar-refractivity contribution is 9.39. The van der Waals surface area contributed by atoms with Crippen molar-refractivity contribution >= 4 is 47.8 Å². The predicted octanol–water partition coefficient (Wildman–Crippen LogP) is 3.87. The lowest BCUT2D eigenvalue weighted by atomic mass is 10.2. The third-order valence-corrected chi connectivity index (χ3v) is 2.01. The van der Waals surface area contributed by atoms with Gasteiger partial charge < -0.3 is 0 Å². The highest BCUT2D eigenvalue weighted by atomic mass is 80.0. The molecule has 1 rings (SSSR count). The molecule has 0 aliphatic rings. The first-order chi connectivity index (χ1) is 5.08. The second kappa shape index (κ2) is 4.06. The summed E-state index contributed by atoms with van der Waals surface area (Å²) in [6, 6.07) is 11.1. The molecule has 0 saturated heterocycles. The van der Waals surface area contributed by atoms with Gasteiger partial charge in [-0.3, -0.25) is 0 Å².